The second-order valence-electron chi connectivity index (χ2n) is 7.77. The highest BCUT2D eigenvalue weighted by molar-refractivity contribution is 5.93. The summed E-state index contributed by atoms with van der Waals surface area (Å²) in [5, 5.41) is 15.1. The molecule has 2 saturated heterocycles. The van der Waals surface area contributed by atoms with Gasteiger partial charge in [0.1, 0.15) is 5.76 Å². The van der Waals surface area contributed by atoms with Gasteiger partial charge in [-0.2, -0.15) is 4.39 Å². The summed E-state index contributed by atoms with van der Waals surface area (Å²) in [7, 11) is 0. The molecule has 5 rings (SSSR count). The number of amides is 1. The number of carbonyl (C=O) groups is 1. The number of aliphatic hydroxyl groups is 1. The summed E-state index contributed by atoms with van der Waals surface area (Å²) in [5.41, 5.74) is -0.729. The first-order chi connectivity index (χ1) is 12.5. The third-order valence-electron chi connectivity index (χ3n) is 5.99. The molecular formula is C19H20FN3O3. The minimum atomic E-state index is -1.29. The van der Waals surface area contributed by atoms with Crippen molar-refractivity contribution in [3.8, 4) is 0 Å². The molecule has 1 amide bonds. The third-order valence-corrected chi connectivity index (χ3v) is 5.99. The van der Waals surface area contributed by atoms with Crippen molar-refractivity contribution in [2.75, 3.05) is 0 Å². The number of nitrogens with zero attached hydrogens (tertiary/aromatic N) is 3. The van der Waals surface area contributed by atoms with E-state index in [1.807, 2.05) is 4.90 Å². The lowest BCUT2D eigenvalue weighted by molar-refractivity contribution is -0.0506. The number of fused-ring (bicyclic) bond motifs is 2. The standard InChI is InChI=1S/C19H20FN3O3/c20-17-14(2-1-7-21-17)19(25)9-12-5-6-13(10-19)23(12)18(24)15-8-16(26-22-15)11-3-4-11/h1-2,7-8,11-13,25H,3-6,9-10H2/t12-,13-/m0/s1. The fraction of sp³-hybridized carbons (Fsp3) is 0.526. The second kappa shape index (κ2) is 5.61. The summed E-state index contributed by atoms with van der Waals surface area (Å²) < 4.78 is 19.4. The Morgan fingerprint density at radius 1 is 1.27 bits per heavy atom. The smallest absolute Gasteiger partial charge is 0.276 e. The monoisotopic (exact) mass is 357 g/mol. The molecule has 7 heteroatoms. The quantitative estimate of drug-likeness (QED) is 0.855. The van der Waals surface area contributed by atoms with Crippen LogP contribution in [0.5, 0.6) is 0 Å². The summed E-state index contributed by atoms with van der Waals surface area (Å²) in [6.45, 7) is 0. The summed E-state index contributed by atoms with van der Waals surface area (Å²) in [4.78, 5) is 18.5. The maximum absolute atomic E-state index is 14.1. The predicted molar refractivity (Wildman–Crippen MR) is 88.8 cm³/mol. The first-order valence-electron chi connectivity index (χ1n) is 9.18. The number of rotatable bonds is 3. The van der Waals surface area contributed by atoms with Gasteiger partial charge in [-0.05, 0) is 31.7 Å². The minimum Gasteiger partial charge on any atom is -0.385 e. The third kappa shape index (κ3) is 2.45. The van der Waals surface area contributed by atoms with E-state index in [4.69, 9.17) is 4.52 Å². The van der Waals surface area contributed by atoms with E-state index < -0.39 is 11.5 Å². The molecule has 3 fully saturated rings. The van der Waals surface area contributed by atoms with E-state index >= 15 is 0 Å². The number of halogens is 1. The molecule has 1 N–H and O–H groups in total. The number of carbonyl (C=O) groups excluding carboxylic acids is 1. The Morgan fingerprint density at radius 2 is 2.00 bits per heavy atom. The highest BCUT2D eigenvalue weighted by Crippen LogP contribution is 2.47. The fourth-order valence-corrected chi connectivity index (χ4v) is 4.59. The zero-order chi connectivity index (χ0) is 17.9. The number of aromatic nitrogens is 2. The van der Waals surface area contributed by atoms with E-state index in [2.05, 4.69) is 10.1 Å². The van der Waals surface area contributed by atoms with Gasteiger partial charge in [0.25, 0.3) is 5.91 Å². The Labute approximate surface area is 150 Å². The Balaban J connectivity index is 1.40. The van der Waals surface area contributed by atoms with Crippen LogP contribution in [-0.4, -0.2) is 38.1 Å². The predicted octanol–water partition coefficient (Wildman–Crippen LogP) is 2.74. The van der Waals surface area contributed by atoms with E-state index in [-0.39, 0.29) is 23.6 Å². The Morgan fingerprint density at radius 3 is 2.65 bits per heavy atom. The van der Waals surface area contributed by atoms with E-state index in [9.17, 15) is 14.3 Å². The Kier molecular flexibility index (Phi) is 3.44. The van der Waals surface area contributed by atoms with Gasteiger partial charge in [-0.3, -0.25) is 4.79 Å². The molecule has 26 heavy (non-hydrogen) atoms. The van der Waals surface area contributed by atoms with Crippen molar-refractivity contribution in [1.82, 2.24) is 15.0 Å². The summed E-state index contributed by atoms with van der Waals surface area (Å²) >= 11 is 0. The van der Waals surface area contributed by atoms with Crippen LogP contribution in [-0.2, 0) is 5.60 Å². The van der Waals surface area contributed by atoms with E-state index in [0.717, 1.165) is 31.4 Å². The molecule has 2 aromatic rings. The molecule has 136 valence electrons. The zero-order valence-corrected chi connectivity index (χ0v) is 14.3. The van der Waals surface area contributed by atoms with Crippen LogP contribution in [0, 0.1) is 5.95 Å². The lowest BCUT2D eigenvalue weighted by atomic mass is 9.81. The minimum absolute atomic E-state index is 0.132. The number of hydrogen-bond donors (Lipinski definition) is 1. The Hall–Kier alpha value is -2.28. The molecule has 6 nitrogen and oxygen atoms in total. The lowest BCUT2D eigenvalue weighted by Gasteiger charge is -2.43. The van der Waals surface area contributed by atoms with Crippen LogP contribution in [0.4, 0.5) is 4.39 Å². The van der Waals surface area contributed by atoms with E-state index in [1.165, 1.54) is 6.20 Å². The van der Waals surface area contributed by atoms with Crippen molar-refractivity contribution in [2.24, 2.45) is 0 Å². The topological polar surface area (TPSA) is 79.5 Å². The van der Waals surface area contributed by atoms with Gasteiger partial charge in [-0.15, -0.1) is 0 Å². The maximum Gasteiger partial charge on any atom is 0.276 e. The van der Waals surface area contributed by atoms with Crippen molar-refractivity contribution in [1.29, 1.82) is 0 Å². The van der Waals surface area contributed by atoms with Crippen LogP contribution in [0.1, 0.15) is 66.3 Å². The largest absolute Gasteiger partial charge is 0.385 e. The van der Waals surface area contributed by atoms with Gasteiger partial charge in [0.15, 0.2) is 5.69 Å². The van der Waals surface area contributed by atoms with E-state index in [0.29, 0.717) is 24.5 Å². The highest BCUT2D eigenvalue weighted by atomic mass is 19.1. The zero-order valence-electron chi connectivity index (χ0n) is 14.3. The summed E-state index contributed by atoms with van der Waals surface area (Å²) in [6, 6.07) is 4.70. The van der Waals surface area contributed by atoms with Gasteiger partial charge in [0, 0.05) is 48.7 Å². The number of hydrogen-bond acceptors (Lipinski definition) is 5. The summed E-state index contributed by atoms with van der Waals surface area (Å²) in [6.07, 6.45) is 5.76. The first kappa shape index (κ1) is 15.9. The average molecular weight is 357 g/mol. The van der Waals surface area contributed by atoms with Crippen molar-refractivity contribution in [3.05, 3.63) is 47.4 Å². The van der Waals surface area contributed by atoms with Gasteiger partial charge in [-0.25, -0.2) is 4.98 Å². The van der Waals surface area contributed by atoms with Crippen LogP contribution in [0.15, 0.2) is 28.9 Å². The highest BCUT2D eigenvalue weighted by Gasteiger charge is 2.51. The molecule has 2 aliphatic heterocycles. The van der Waals surface area contributed by atoms with Gasteiger partial charge >= 0.3 is 0 Å². The van der Waals surface area contributed by atoms with Crippen molar-refractivity contribution >= 4 is 5.91 Å². The normalized spacial score (nSPS) is 30.6. The SMILES string of the molecule is O=C(c1cc(C2CC2)on1)N1[C@H]2CC[C@H]1CC(O)(c1cccnc1F)C2. The molecular weight excluding hydrogens is 337 g/mol. The molecule has 0 unspecified atom stereocenters. The molecule has 0 spiro atoms. The van der Waals surface area contributed by atoms with Crippen LogP contribution in [0.2, 0.25) is 0 Å². The van der Waals surface area contributed by atoms with Crippen LogP contribution >= 0.6 is 0 Å². The van der Waals surface area contributed by atoms with E-state index in [1.54, 1.807) is 18.2 Å². The maximum atomic E-state index is 14.1. The van der Waals surface area contributed by atoms with Gasteiger partial charge in [0.05, 0.1) is 5.60 Å². The average Bonchev–Trinajstić information content (AvgIpc) is 3.28. The van der Waals surface area contributed by atoms with Crippen molar-refractivity contribution < 1.29 is 18.8 Å². The molecule has 2 aromatic heterocycles. The molecule has 2 atom stereocenters. The molecule has 2 bridgehead atoms. The fourth-order valence-electron chi connectivity index (χ4n) is 4.59. The summed E-state index contributed by atoms with van der Waals surface area (Å²) in [5.74, 6) is 0.397. The molecule has 4 heterocycles. The van der Waals surface area contributed by atoms with Gasteiger partial charge < -0.3 is 14.5 Å². The lowest BCUT2D eigenvalue weighted by Crippen LogP contribution is -2.52. The molecule has 0 aromatic carbocycles. The first-order valence-corrected chi connectivity index (χ1v) is 9.18. The van der Waals surface area contributed by atoms with Crippen LogP contribution < -0.4 is 0 Å². The number of piperidine rings is 1. The van der Waals surface area contributed by atoms with Crippen molar-refractivity contribution in [2.45, 2.75) is 62.1 Å². The van der Waals surface area contributed by atoms with Crippen molar-refractivity contribution in [3.63, 3.8) is 0 Å². The second-order valence-corrected chi connectivity index (χ2v) is 7.77. The number of pyridine rings is 1. The molecule has 3 aliphatic rings. The Bertz CT molecular complexity index is 849. The molecule has 1 saturated carbocycles. The van der Waals surface area contributed by atoms with Crippen LogP contribution in [0.25, 0.3) is 0 Å². The van der Waals surface area contributed by atoms with Gasteiger partial charge in [0.2, 0.25) is 5.95 Å². The van der Waals surface area contributed by atoms with Gasteiger partial charge in [-0.1, -0.05) is 11.2 Å². The molecule has 0 radical (unpaired) electrons. The molecule has 1 aliphatic carbocycles. The van der Waals surface area contributed by atoms with Crippen LogP contribution in [0.3, 0.4) is 0 Å².